The van der Waals surface area contributed by atoms with Gasteiger partial charge in [0.05, 0.1) is 4.90 Å². The molecule has 8 heteroatoms. The number of hydrogen-bond acceptors (Lipinski definition) is 5. The second kappa shape index (κ2) is 5.60. The molecule has 100 valence electrons. The molecule has 5 nitrogen and oxygen atoms in total. The van der Waals surface area contributed by atoms with E-state index in [-0.39, 0.29) is 9.77 Å². The van der Waals surface area contributed by atoms with Crippen LogP contribution in [0.1, 0.15) is 22.5 Å². The van der Waals surface area contributed by atoms with Crippen LogP contribution in [0, 0.1) is 0 Å². The first kappa shape index (κ1) is 13.9. The van der Waals surface area contributed by atoms with Crippen LogP contribution in [0.15, 0.2) is 16.3 Å². The molecule has 2 N–H and O–H groups in total. The molecule has 0 radical (unpaired) electrons. The Morgan fingerprint density at radius 2 is 2.33 bits per heavy atom. The highest BCUT2D eigenvalue weighted by Gasteiger charge is 2.22. The summed E-state index contributed by atoms with van der Waals surface area (Å²) in [6.07, 6.45) is 2.15. The van der Waals surface area contributed by atoms with Crippen molar-refractivity contribution in [3.63, 3.8) is 0 Å². The van der Waals surface area contributed by atoms with E-state index in [2.05, 4.69) is 4.72 Å². The van der Waals surface area contributed by atoms with E-state index in [1.807, 2.05) is 0 Å². The number of sulfonamides is 1. The smallest absolute Gasteiger partial charge is 0.345 e. The number of thioether (sulfide) groups is 1. The quantitative estimate of drug-likeness (QED) is 0.863. The fourth-order valence-corrected chi connectivity index (χ4v) is 5.16. The van der Waals surface area contributed by atoms with Crippen LogP contribution in [-0.2, 0) is 10.0 Å². The number of thiophene rings is 1. The molecule has 0 amide bonds. The number of hydrogen-bond donors (Lipinski definition) is 2. The second-order valence-corrected chi connectivity index (χ2v) is 8.03. The maximum absolute atomic E-state index is 11.9. The lowest BCUT2D eigenvalue weighted by Crippen LogP contribution is -2.29. The summed E-state index contributed by atoms with van der Waals surface area (Å²) in [5.41, 5.74) is 0. The molecule has 1 aromatic heterocycles. The van der Waals surface area contributed by atoms with Crippen LogP contribution in [0.2, 0.25) is 0 Å². The fourth-order valence-electron chi connectivity index (χ4n) is 1.66. The molecule has 2 rings (SSSR count). The third-order valence-electron chi connectivity index (χ3n) is 2.62. The van der Waals surface area contributed by atoms with E-state index in [1.165, 1.54) is 11.4 Å². The SMILES string of the molecule is O=C(O)c1cc(S(=O)(=O)NCC2CCCS2)cs1. The third-order valence-corrected chi connectivity index (χ3v) is 6.49. The first-order valence-electron chi connectivity index (χ1n) is 5.42. The predicted molar refractivity (Wildman–Crippen MR) is 71.9 cm³/mol. The van der Waals surface area contributed by atoms with Gasteiger partial charge in [0, 0.05) is 17.2 Å². The number of carboxylic acids is 1. The molecule has 1 unspecified atom stereocenters. The molecular weight excluding hydrogens is 294 g/mol. The molecule has 0 aliphatic carbocycles. The van der Waals surface area contributed by atoms with Crippen LogP contribution < -0.4 is 4.72 Å². The van der Waals surface area contributed by atoms with Gasteiger partial charge in [0.1, 0.15) is 4.88 Å². The van der Waals surface area contributed by atoms with Gasteiger partial charge in [-0.05, 0) is 24.7 Å². The molecule has 0 spiro atoms. The van der Waals surface area contributed by atoms with E-state index in [9.17, 15) is 13.2 Å². The number of nitrogens with one attached hydrogen (secondary N) is 1. The van der Waals surface area contributed by atoms with Crippen molar-refractivity contribution in [2.45, 2.75) is 23.0 Å². The van der Waals surface area contributed by atoms with Gasteiger partial charge in [-0.3, -0.25) is 0 Å². The van der Waals surface area contributed by atoms with Crippen molar-refractivity contribution in [1.82, 2.24) is 4.72 Å². The van der Waals surface area contributed by atoms with E-state index < -0.39 is 16.0 Å². The molecule has 1 aliphatic heterocycles. The van der Waals surface area contributed by atoms with E-state index >= 15 is 0 Å². The maximum Gasteiger partial charge on any atom is 0.345 e. The molecule has 1 aliphatic rings. The largest absolute Gasteiger partial charge is 0.477 e. The van der Waals surface area contributed by atoms with Gasteiger partial charge < -0.3 is 5.11 Å². The van der Waals surface area contributed by atoms with Crippen LogP contribution >= 0.6 is 23.1 Å². The van der Waals surface area contributed by atoms with Gasteiger partial charge in [-0.15, -0.1) is 11.3 Å². The number of aromatic carboxylic acids is 1. The fraction of sp³-hybridized carbons (Fsp3) is 0.500. The normalized spacial score (nSPS) is 20.1. The maximum atomic E-state index is 11.9. The Morgan fingerprint density at radius 1 is 1.56 bits per heavy atom. The summed E-state index contributed by atoms with van der Waals surface area (Å²) in [7, 11) is -3.58. The summed E-state index contributed by atoms with van der Waals surface area (Å²) in [5, 5.41) is 10.4. The summed E-state index contributed by atoms with van der Waals surface area (Å²) in [4.78, 5) is 10.8. The van der Waals surface area contributed by atoms with Gasteiger partial charge in [0.25, 0.3) is 0 Å². The Balaban J connectivity index is 2.02. The first-order valence-corrected chi connectivity index (χ1v) is 8.83. The van der Waals surface area contributed by atoms with E-state index in [4.69, 9.17) is 5.11 Å². The lowest BCUT2D eigenvalue weighted by Gasteiger charge is -2.09. The summed E-state index contributed by atoms with van der Waals surface area (Å²) >= 11 is 2.69. The van der Waals surface area contributed by atoms with Gasteiger partial charge in [0.15, 0.2) is 0 Å². The molecule has 0 aromatic carbocycles. The molecule has 0 bridgehead atoms. The zero-order chi connectivity index (χ0) is 13.2. The van der Waals surface area contributed by atoms with Crippen molar-refractivity contribution in [2.75, 3.05) is 12.3 Å². The Kier molecular flexibility index (Phi) is 4.31. The van der Waals surface area contributed by atoms with Gasteiger partial charge >= 0.3 is 5.97 Å². The number of carboxylic acid groups (broad SMARTS) is 1. The summed E-state index contributed by atoms with van der Waals surface area (Å²) in [5.74, 6) is -0.0265. The van der Waals surface area contributed by atoms with Crippen LogP contribution in [0.5, 0.6) is 0 Å². The average Bonchev–Trinajstić information content (AvgIpc) is 2.98. The van der Waals surface area contributed by atoms with Crippen molar-refractivity contribution >= 4 is 39.1 Å². The van der Waals surface area contributed by atoms with Gasteiger partial charge in [-0.2, -0.15) is 11.8 Å². The van der Waals surface area contributed by atoms with Crippen molar-refractivity contribution in [3.8, 4) is 0 Å². The Morgan fingerprint density at radius 3 is 2.89 bits per heavy atom. The van der Waals surface area contributed by atoms with Crippen LogP contribution in [0.4, 0.5) is 0 Å². The lowest BCUT2D eigenvalue weighted by atomic mass is 10.2. The number of carbonyl (C=O) groups is 1. The van der Waals surface area contributed by atoms with Crippen molar-refractivity contribution in [3.05, 3.63) is 16.3 Å². The van der Waals surface area contributed by atoms with Crippen LogP contribution in [0.3, 0.4) is 0 Å². The molecule has 0 saturated carbocycles. The standard InChI is InChI=1S/C10H13NO4S3/c12-10(13)9-4-8(6-17-9)18(14,15)11-5-7-2-1-3-16-7/h4,6-7,11H,1-3,5H2,(H,12,13). The molecule has 1 saturated heterocycles. The van der Waals surface area contributed by atoms with Crippen LogP contribution in [0.25, 0.3) is 0 Å². The van der Waals surface area contributed by atoms with Crippen molar-refractivity contribution < 1.29 is 18.3 Å². The number of rotatable bonds is 5. The minimum atomic E-state index is -3.58. The first-order chi connectivity index (χ1) is 8.49. The Hall–Kier alpha value is -0.570. The van der Waals surface area contributed by atoms with Gasteiger partial charge in [-0.1, -0.05) is 0 Å². The Labute approximate surface area is 114 Å². The summed E-state index contributed by atoms with van der Waals surface area (Å²) < 4.78 is 26.4. The highest BCUT2D eigenvalue weighted by Crippen LogP contribution is 2.26. The molecule has 1 atom stereocenters. The zero-order valence-electron chi connectivity index (χ0n) is 9.46. The van der Waals surface area contributed by atoms with E-state index in [0.29, 0.717) is 11.8 Å². The van der Waals surface area contributed by atoms with E-state index in [0.717, 1.165) is 29.9 Å². The minimum absolute atomic E-state index is 0.0330. The molecular formula is C10H13NO4S3. The van der Waals surface area contributed by atoms with Gasteiger partial charge in [0.2, 0.25) is 10.0 Å². The molecule has 2 heterocycles. The molecule has 1 aromatic rings. The third kappa shape index (κ3) is 3.25. The highest BCUT2D eigenvalue weighted by molar-refractivity contribution is 8.00. The predicted octanol–water partition coefficient (Wildman–Crippen LogP) is 1.62. The lowest BCUT2D eigenvalue weighted by molar-refractivity contribution is 0.0702. The van der Waals surface area contributed by atoms with Crippen LogP contribution in [-0.4, -0.2) is 37.0 Å². The highest BCUT2D eigenvalue weighted by atomic mass is 32.2. The minimum Gasteiger partial charge on any atom is -0.477 e. The Bertz CT molecular complexity index is 531. The molecule has 18 heavy (non-hydrogen) atoms. The van der Waals surface area contributed by atoms with Crippen molar-refractivity contribution in [2.24, 2.45) is 0 Å². The topological polar surface area (TPSA) is 83.5 Å². The monoisotopic (exact) mass is 307 g/mol. The van der Waals surface area contributed by atoms with Crippen molar-refractivity contribution in [1.29, 1.82) is 0 Å². The van der Waals surface area contributed by atoms with Gasteiger partial charge in [-0.25, -0.2) is 17.9 Å². The second-order valence-electron chi connectivity index (χ2n) is 3.94. The summed E-state index contributed by atoms with van der Waals surface area (Å²) in [6.45, 7) is 0.408. The average molecular weight is 307 g/mol. The molecule has 1 fully saturated rings. The summed E-state index contributed by atoms with van der Waals surface area (Å²) in [6, 6.07) is 1.19. The van der Waals surface area contributed by atoms with E-state index in [1.54, 1.807) is 11.8 Å². The zero-order valence-corrected chi connectivity index (χ0v) is 11.9.